The van der Waals surface area contributed by atoms with Gasteiger partial charge in [0.25, 0.3) is 0 Å². The van der Waals surface area contributed by atoms with Crippen LogP contribution in [0.1, 0.15) is 18.1 Å². The molecular weight excluding hydrogens is 560 g/mol. The van der Waals surface area contributed by atoms with Gasteiger partial charge in [0.2, 0.25) is 0 Å². The van der Waals surface area contributed by atoms with Crippen LogP contribution in [0.4, 0.5) is 24.5 Å². The second-order valence-corrected chi connectivity index (χ2v) is 9.28. The monoisotopic (exact) mass is 580 g/mol. The van der Waals surface area contributed by atoms with E-state index in [0.717, 1.165) is 23.4 Å². The topological polar surface area (TPSA) is 96.7 Å². The zero-order valence-corrected chi connectivity index (χ0v) is 22.1. The Balaban J connectivity index is 1.60. The number of thioether (sulfide) groups is 1. The van der Waals surface area contributed by atoms with Crippen molar-refractivity contribution in [2.45, 2.75) is 13.3 Å². The molecular formula is C25H21Cl2F3N6OS. The minimum atomic E-state index is -4.75. The van der Waals surface area contributed by atoms with Gasteiger partial charge in [-0.3, -0.25) is 5.43 Å². The molecule has 0 aliphatic carbocycles. The van der Waals surface area contributed by atoms with Crippen molar-refractivity contribution in [2.24, 2.45) is 25.8 Å². The quantitative estimate of drug-likeness (QED) is 0.166. The highest BCUT2D eigenvalue weighted by Gasteiger charge is 2.30. The summed E-state index contributed by atoms with van der Waals surface area (Å²) in [5.41, 5.74) is 11.2. The fraction of sp³-hybridized carbons (Fsp3) is 0.120. The van der Waals surface area contributed by atoms with Gasteiger partial charge in [-0.25, -0.2) is 15.0 Å². The maximum atomic E-state index is 12.2. The van der Waals surface area contributed by atoms with Gasteiger partial charge in [0.05, 0.1) is 21.9 Å². The lowest BCUT2D eigenvalue weighted by molar-refractivity contribution is -0.274. The van der Waals surface area contributed by atoms with Gasteiger partial charge in [0.15, 0.2) is 5.17 Å². The molecule has 0 radical (unpaired) electrons. The molecule has 0 fully saturated rings. The molecule has 0 aliphatic heterocycles. The molecule has 0 aliphatic rings. The molecule has 3 rings (SSSR count). The molecule has 7 nitrogen and oxygen atoms in total. The lowest BCUT2D eigenvalue weighted by Gasteiger charge is -2.08. The molecule has 3 N–H and O–H groups in total. The number of halogens is 5. The first-order chi connectivity index (χ1) is 18.1. The number of amidine groups is 2. The zero-order chi connectivity index (χ0) is 27.5. The van der Waals surface area contributed by atoms with E-state index in [4.69, 9.17) is 28.9 Å². The highest BCUT2D eigenvalue weighted by Crippen LogP contribution is 2.33. The van der Waals surface area contributed by atoms with Gasteiger partial charge >= 0.3 is 6.36 Å². The lowest BCUT2D eigenvalue weighted by Crippen LogP contribution is -2.16. The number of alkyl halides is 3. The molecule has 0 saturated heterocycles. The van der Waals surface area contributed by atoms with Gasteiger partial charge in [0.1, 0.15) is 23.6 Å². The number of rotatable bonds is 8. The van der Waals surface area contributed by atoms with E-state index in [-0.39, 0.29) is 11.6 Å². The van der Waals surface area contributed by atoms with Crippen LogP contribution in [0, 0.1) is 0 Å². The van der Waals surface area contributed by atoms with Crippen LogP contribution >= 0.6 is 35.0 Å². The van der Waals surface area contributed by atoms with Crippen molar-refractivity contribution >= 4 is 69.9 Å². The van der Waals surface area contributed by atoms with Crippen LogP contribution in [-0.2, 0) is 0 Å². The molecule has 3 aromatic rings. The third-order valence-electron chi connectivity index (χ3n) is 4.49. The predicted octanol–water partition coefficient (Wildman–Crippen LogP) is 7.32. The van der Waals surface area contributed by atoms with E-state index in [1.54, 1.807) is 48.7 Å². The number of para-hydroxylation sites is 1. The summed E-state index contributed by atoms with van der Waals surface area (Å²) >= 11 is 13.8. The molecule has 198 valence electrons. The molecule has 0 amide bonds. The standard InChI is InChI=1S/C25H21Cl2F3N6OS/c1-2-38-24(35-22-20(26)4-3-5-21(22)27)36-34-14-16-6-8-17(9-7-16)23(31)33-15-32-18-10-12-19(13-11-18)37-25(28,29)30/h3-15H,2H2,1H3,(H,35,36)(H2,31,32,33)/b34-14-. The molecule has 0 spiro atoms. The summed E-state index contributed by atoms with van der Waals surface area (Å²) in [7, 11) is 0. The molecule has 3 aromatic carbocycles. The Morgan fingerprint density at radius 1 is 1.03 bits per heavy atom. The van der Waals surface area contributed by atoms with E-state index in [9.17, 15) is 13.2 Å². The van der Waals surface area contributed by atoms with Crippen LogP contribution in [0.5, 0.6) is 5.75 Å². The van der Waals surface area contributed by atoms with Crippen LogP contribution < -0.4 is 15.9 Å². The van der Waals surface area contributed by atoms with Crippen LogP contribution in [0.2, 0.25) is 10.0 Å². The Kier molecular flexibility index (Phi) is 10.6. The highest BCUT2D eigenvalue weighted by atomic mass is 35.5. The van der Waals surface area contributed by atoms with Crippen LogP contribution in [0.25, 0.3) is 0 Å². The first-order valence-electron chi connectivity index (χ1n) is 10.9. The number of aliphatic imine (C=N–C) groups is 3. The fourth-order valence-electron chi connectivity index (χ4n) is 2.79. The maximum absolute atomic E-state index is 12.2. The average molecular weight is 581 g/mol. The average Bonchev–Trinajstić information content (AvgIpc) is 2.87. The van der Waals surface area contributed by atoms with Crippen molar-refractivity contribution in [1.82, 2.24) is 5.43 Å². The van der Waals surface area contributed by atoms with Crippen molar-refractivity contribution in [1.29, 1.82) is 0 Å². The first kappa shape index (κ1) is 29.0. The Morgan fingerprint density at radius 2 is 1.68 bits per heavy atom. The summed E-state index contributed by atoms with van der Waals surface area (Å²) in [6.07, 6.45) is -1.92. The third kappa shape index (κ3) is 9.40. The summed E-state index contributed by atoms with van der Waals surface area (Å²) in [4.78, 5) is 12.6. The van der Waals surface area contributed by atoms with Gasteiger partial charge in [-0.05, 0) is 47.7 Å². The van der Waals surface area contributed by atoms with E-state index < -0.39 is 6.36 Å². The number of ether oxygens (including phenoxy) is 1. The second kappa shape index (κ2) is 13.8. The molecule has 0 unspecified atom stereocenters. The summed E-state index contributed by atoms with van der Waals surface area (Å²) in [5.74, 6) is 0.631. The van der Waals surface area contributed by atoms with Crippen LogP contribution in [-0.4, -0.2) is 35.7 Å². The molecule has 0 heterocycles. The van der Waals surface area contributed by atoms with E-state index in [1.165, 1.54) is 30.2 Å². The van der Waals surface area contributed by atoms with Crippen molar-refractivity contribution < 1.29 is 17.9 Å². The SMILES string of the molecule is CCSC(=Nc1c(Cl)cccc1Cl)N/N=C\c1ccc(C(N)=NC=Nc2ccc(OC(F)(F)F)cc2)cc1. The smallest absolute Gasteiger partial charge is 0.406 e. The van der Waals surface area contributed by atoms with Gasteiger partial charge in [0, 0.05) is 5.56 Å². The Bertz CT molecular complexity index is 1320. The van der Waals surface area contributed by atoms with Gasteiger partial charge in [-0.1, -0.05) is 72.2 Å². The molecule has 0 aromatic heterocycles. The summed E-state index contributed by atoms with van der Waals surface area (Å²) < 4.78 is 40.5. The highest BCUT2D eigenvalue weighted by molar-refractivity contribution is 8.13. The van der Waals surface area contributed by atoms with Crippen molar-refractivity contribution in [2.75, 3.05) is 5.75 Å². The Labute approximate surface area is 231 Å². The van der Waals surface area contributed by atoms with E-state index >= 15 is 0 Å². The normalized spacial score (nSPS) is 12.9. The minimum Gasteiger partial charge on any atom is -0.406 e. The van der Waals surface area contributed by atoms with Crippen molar-refractivity contribution in [3.8, 4) is 5.75 Å². The third-order valence-corrected chi connectivity index (χ3v) is 5.84. The van der Waals surface area contributed by atoms with Crippen LogP contribution in [0.15, 0.2) is 86.8 Å². The molecule has 0 atom stereocenters. The number of nitrogens with two attached hydrogens (primary N) is 1. The fourth-order valence-corrected chi connectivity index (χ4v) is 3.82. The maximum Gasteiger partial charge on any atom is 0.573 e. The molecule has 13 heteroatoms. The largest absolute Gasteiger partial charge is 0.573 e. The van der Waals surface area contributed by atoms with E-state index in [2.05, 4.69) is 30.2 Å². The lowest BCUT2D eigenvalue weighted by atomic mass is 10.1. The molecule has 0 bridgehead atoms. The van der Waals surface area contributed by atoms with Gasteiger partial charge in [-0.15, -0.1) is 13.2 Å². The zero-order valence-electron chi connectivity index (χ0n) is 19.8. The molecule has 0 saturated carbocycles. The molecule has 38 heavy (non-hydrogen) atoms. The predicted molar refractivity (Wildman–Crippen MR) is 151 cm³/mol. The Hall–Kier alpha value is -3.54. The van der Waals surface area contributed by atoms with Gasteiger partial charge in [-0.2, -0.15) is 5.10 Å². The number of benzene rings is 3. The summed E-state index contributed by atoms with van der Waals surface area (Å²) in [6.45, 7) is 1.98. The van der Waals surface area contributed by atoms with E-state index in [0.29, 0.717) is 32.2 Å². The first-order valence-corrected chi connectivity index (χ1v) is 12.7. The number of nitrogens with one attached hydrogen (secondary N) is 1. The summed E-state index contributed by atoms with van der Waals surface area (Å²) in [5, 5.41) is 5.64. The Morgan fingerprint density at radius 3 is 2.29 bits per heavy atom. The van der Waals surface area contributed by atoms with E-state index in [1.807, 2.05) is 6.92 Å². The van der Waals surface area contributed by atoms with Crippen molar-refractivity contribution in [3.63, 3.8) is 0 Å². The van der Waals surface area contributed by atoms with Gasteiger partial charge < -0.3 is 10.5 Å². The van der Waals surface area contributed by atoms with Crippen molar-refractivity contribution in [3.05, 3.63) is 87.9 Å². The second-order valence-electron chi connectivity index (χ2n) is 7.21. The van der Waals surface area contributed by atoms with Crippen LogP contribution in [0.3, 0.4) is 0 Å². The number of hydrogen-bond acceptors (Lipinski definition) is 5. The number of hydrazone groups is 1. The number of hydrogen-bond donors (Lipinski definition) is 2. The minimum absolute atomic E-state index is 0.206. The number of nitrogens with zero attached hydrogens (tertiary/aromatic N) is 4. The summed E-state index contributed by atoms with van der Waals surface area (Å²) in [6, 6.07) is 17.3.